The average Bonchev–Trinajstić information content (AvgIpc) is 2.34. The second-order valence-corrected chi connectivity index (χ2v) is 4.18. The normalized spacial score (nSPS) is 10.5. The molecule has 0 aromatic heterocycles. The zero-order valence-corrected chi connectivity index (χ0v) is 11.2. The molecule has 0 bridgehead atoms. The Labute approximate surface area is 103 Å². The maximum absolute atomic E-state index is 5.42. The topological polar surface area (TPSA) is 44.3 Å². The fourth-order valence-electron chi connectivity index (χ4n) is 1.69. The molecular weight excluding hydrogens is 218 g/mol. The number of rotatable bonds is 6. The van der Waals surface area contributed by atoms with Crippen LogP contribution in [0.15, 0.2) is 12.1 Å². The predicted octanol–water partition coefficient (Wildman–Crippen LogP) is 1.18. The number of hydrogen-bond donors (Lipinski definition) is 1. The van der Waals surface area contributed by atoms with E-state index in [9.17, 15) is 0 Å². The summed E-state index contributed by atoms with van der Waals surface area (Å²) >= 11 is 0. The first-order valence-corrected chi connectivity index (χ1v) is 5.75. The Hall–Kier alpha value is -1.42. The van der Waals surface area contributed by atoms with Crippen molar-refractivity contribution in [3.8, 4) is 17.2 Å². The fraction of sp³-hybridized carbons (Fsp3) is 0.538. The predicted molar refractivity (Wildman–Crippen MR) is 66.9 cm³/mol. The van der Waals surface area contributed by atoms with Crippen molar-refractivity contribution >= 4 is 0 Å². The third kappa shape index (κ3) is 3.27. The fourth-order valence-corrected chi connectivity index (χ4v) is 1.69. The molecule has 0 fully saturated rings. The van der Waals surface area contributed by atoms with Gasteiger partial charge in [-0.3, -0.25) is 0 Å². The molecule has 0 aliphatic carbocycles. The van der Waals surface area contributed by atoms with E-state index in [0.717, 1.165) is 17.9 Å². The van der Waals surface area contributed by atoms with Gasteiger partial charge in [-0.15, -0.1) is 0 Å². The van der Waals surface area contributed by atoms with Gasteiger partial charge in [0.1, 0.15) is 6.54 Å². The minimum absolute atomic E-state index is 0.549. The van der Waals surface area contributed by atoms with Crippen molar-refractivity contribution in [1.82, 2.24) is 0 Å². The molecule has 1 rings (SSSR count). The quantitative estimate of drug-likeness (QED) is 0.812. The molecule has 1 aromatic rings. The highest BCUT2D eigenvalue weighted by Crippen LogP contribution is 2.39. The number of quaternary nitrogens is 1. The summed E-state index contributed by atoms with van der Waals surface area (Å²) in [6.07, 6.45) is 0. The summed E-state index contributed by atoms with van der Waals surface area (Å²) in [7, 11) is 4.89. The van der Waals surface area contributed by atoms with Crippen LogP contribution in [0.4, 0.5) is 0 Å². The van der Waals surface area contributed by atoms with Crippen molar-refractivity contribution in [2.24, 2.45) is 0 Å². The monoisotopic (exact) mass is 240 g/mol. The smallest absolute Gasteiger partial charge is 0.203 e. The first kappa shape index (κ1) is 13.6. The highest BCUT2D eigenvalue weighted by atomic mass is 16.5. The minimum atomic E-state index is 0.549. The van der Waals surface area contributed by atoms with Crippen molar-refractivity contribution in [3.63, 3.8) is 0 Å². The van der Waals surface area contributed by atoms with Crippen LogP contribution in [0.25, 0.3) is 0 Å². The lowest BCUT2D eigenvalue weighted by atomic mass is 10.1. The van der Waals surface area contributed by atoms with Crippen molar-refractivity contribution in [2.45, 2.75) is 26.4 Å². The molecule has 0 amide bonds. The lowest BCUT2D eigenvalue weighted by Crippen LogP contribution is -2.86. The highest BCUT2D eigenvalue weighted by Gasteiger charge is 2.16. The van der Waals surface area contributed by atoms with Gasteiger partial charge >= 0.3 is 0 Å². The summed E-state index contributed by atoms with van der Waals surface area (Å²) in [4.78, 5) is 0. The van der Waals surface area contributed by atoms with Crippen LogP contribution >= 0.6 is 0 Å². The Kier molecular flexibility index (Phi) is 5.10. The molecule has 0 aliphatic heterocycles. The Balaban J connectivity index is 3.05. The number of nitrogens with two attached hydrogens (primary N) is 1. The second kappa shape index (κ2) is 6.35. The molecular formula is C13H22NO3+. The van der Waals surface area contributed by atoms with Gasteiger partial charge in [0.05, 0.1) is 32.9 Å². The summed E-state index contributed by atoms with van der Waals surface area (Å²) in [6.45, 7) is 5.18. The van der Waals surface area contributed by atoms with Gasteiger partial charge in [0.15, 0.2) is 11.5 Å². The summed E-state index contributed by atoms with van der Waals surface area (Å²) in [5.74, 6) is 2.10. The molecule has 96 valence electrons. The van der Waals surface area contributed by atoms with Crippen LogP contribution in [0, 0.1) is 0 Å². The molecule has 2 N–H and O–H groups in total. The van der Waals surface area contributed by atoms with Crippen molar-refractivity contribution in [3.05, 3.63) is 17.7 Å². The van der Waals surface area contributed by atoms with Crippen LogP contribution in [-0.4, -0.2) is 27.4 Å². The number of hydrogen-bond acceptors (Lipinski definition) is 3. The van der Waals surface area contributed by atoms with Gasteiger partial charge in [-0.2, -0.15) is 0 Å². The van der Waals surface area contributed by atoms with E-state index < -0.39 is 0 Å². The molecule has 0 radical (unpaired) electrons. The molecule has 1 aromatic carbocycles. The largest absolute Gasteiger partial charge is 0.493 e. The zero-order chi connectivity index (χ0) is 12.8. The van der Waals surface area contributed by atoms with Gasteiger partial charge in [-0.1, -0.05) is 0 Å². The lowest BCUT2D eigenvalue weighted by Gasteiger charge is -2.15. The zero-order valence-electron chi connectivity index (χ0n) is 11.2. The number of benzene rings is 1. The SMILES string of the molecule is COc1ccc(C[NH2+]C(C)C)c(OC)c1OC. The summed E-state index contributed by atoms with van der Waals surface area (Å²) < 4.78 is 16.0. The van der Waals surface area contributed by atoms with Crippen molar-refractivity contribution in [2.75, 3.05) is 21.3 Å². The van der Waals surface area contributed by atoms with Crippen molar-refractivity contribution < 1.29 is 19.5 Å². The number of ether oxygens (including phenoxy) is 3. The molecule has 0 heterocycles. The van der Waals surface area contributed by atoms with E-state index >= 15 is 0 Å². The summed E-state index contributed by atoms with van der Waals surface area (Å²) in [5, 5.41) is 2.24. The molecule has 0 unspecified atom stereocenters. The first-order chi connectivity index (χ1) is 8.13. The first-order valence-electron chi connectivity index (χ1n) is 5.75. The van der Waals surface area contributed by atoms with E-state index in [4.69, 9.17) is 14.2 Å². The Morgan fingerprint density at radius 1 is 1.00 bits per heavy atom. The standard InChI is InChI=1S/C13H21NO3/c1-9(2)14-8-10-6-7-11(15-3)13(17-5)12(10)16-4/h6-7,9,14H,8H2,1-5H3/p+1. The van der Waals surface area contributed by atoms with Crippen LogP contribution in [-0.2, 0) is 6.54 Å². The van der Waals surface area contributed by atoms with Gasteiger partial charge in [-0.25, -0.2) is 0 Å². The molecule has 4 heteroatoms. The third-order valence-corrected chi connectivity index (χ3v) is 2.59. The maximum atomic E-state index is 5.42. The van der Waals surface area contributed by atoms with E-state index in [-0.39, 0.29) is 0 Å². The highest BCUT2D eigenvalue weighted by molar-refractivity contribution is 5.55. The van der Waals surface area contributed by atoms with E-state index in [2.05, 4.69) is 19.2 Å². The van der Waals surface area contributed by atoms with Gasteiger partial charge in [-0.05, 0) is 26.0 Å². The molecule has 0 saturated carbocycles. The molecule has 0 saturated heterocycles. The second-order valence-electron chi connectivity index (χ2n) is 4.18. The summed E-state index contributed by atoms with van der Waals surface area (Å²) in [6, 6.07) is 4.47. The molecule has 17 heavy (non-hydrogen) atoms. The molecule has 0 aliphatic rings. The van der Waals surface area contributed by atoms with Crippen LogP contribution < -0.4 is 19.5 Å². The Morgan fingerprint density at radius 2 is 1.65 bits per heavy atom. The molecule has 0 atom stereocenters. The van der Waals surface area contributed by atoms with Gasteiger partial charge in [0, 0.05) is 0 Å². The van der Waals surface area contributed by atoms with Gasteiger partial charge in [0.2, 0.25) is 5.75 Å². The van der Waals surface area contributed by atoms with E-state index in [0.29, 0.717) is 17.5 Å². The van der Waals surface area contributed by atoms with Crippen molar-refractivity contribution in [1.29, 1.82) is 0 Å². The maximum Gasteiger partial charge on any atom is 0.203 e. The summed E-state index contributed by atoms with van der Waals surface area (Å²) in [5.41, 5.74) is 1.11. The van der Waals surface area contributed by atoms with Crippen LogP contribution in [0.1, 0.15) is 19.4 Å². The number of methoxy groups -OCH3 is 3. The molecule has 4 nitrogen and oxygen atoms in total. The lowest BCUT2D eigenvalue weighted by molar-refractivity contribution is -0.698. The van der Waals surface area contributed by atoms with Crippen LogP contribution in [0.5, 0.6) is 17.2 Å². The van der Waals surface area contributed by atoms with Gasteiger partial charge < -0.3 is 19.5 Å². The van der Waals surface area contributed by atoms with E-state index in [1.165, 1.54) is 0 Å². The van der Waals surface area contributed by atoms with Crippen LogP contribution in [0.2, 0.25) is 0 Å². The Bertz CT molecular complexity index is 364. The molecule has 0 spiro atoms. The van der Waals surface area contributed by atoms with Crippen LogP contribution in [0.3, 0.4) is 0 Å². The van der Waals surface area contributed by atoms with Gasteiger partial charge in [0.25, 0.3) is 0 Å². The third-order valence-electron chi connectivity index (χ3n) is 2.59. The Morgan fingerprint density at radius 3 is 2.12 bits per heavy atom. The minimum Gasteiger partial charge on any atom is -0.493 e. The van der Waals surface area contributed by atoms with E-state index in [1.54, 1.807) is 21.3 Å². The van der Waals surface area contributed by atoms with E-state index in [1.807, 2.05) is 12.1 Å². The average molecular weight is 240 g/mol.